The summed E-state index contributed by atoms with van der Waals surface area (Å²) in [7, 11) is -3.72. The summed E-state index contributed by atoms with van der Waals surface area (Å²) in [5.41, 5.74) is 9.57. The van der Waals surface area contributed by atoms with Gasteiger partial charge >= 0.3 is 0 Å². The number of aromatic nitrogens is 1. The first-order valence-electron chi connectivity index (χ1n) is 17.5. The lowest BCUT2D eigenvalue weighted by Crippen LogP contribution is -2.57. The van der Waals surface area contributed by atoms with Crippen molar-refractivity contribution in [3.05, 3.63) is 182 Å². The molecule has 1 aromatic heterocycles. The van der Waals surface area contributed by atoms with E-state index in [1.165, 1.54) is 16.2 Å². The highest BCUT2D eigenvalue weighted by molar-refractivity contribution is 7.92. The zero-order valence-corrected chi connectivity index (χ0v) is 28.9. The number of fused-ring (bicyclic) bond motifs is 8. The molecule has 244 valence electrons. The standard InChI is InChI=1S/C47H30BNO2S/c50-52(51)45-23-9-8-22-42(45)48(36-16-2-1-3-17-36)43-26-24-34(30-46(43)52)32-13-10-12-31(28-32)33-14-11-15-35(29-33)44-27-25-41-39-20-5-4-18-37(39)38-19-6-7-21-40(38)47(41)49-44/h1-30H. The fourth-order valence-corrected chi connectivity index (χ4v) is 9.86. The Morgan fingerprint density at radius 1 is 0.385 bits per heavy atom. The molecular weight excluding hydrogens is 653 g/mol. The van der Waals surface area contributed by atoms with Crippen molar-refractivity contribution in [3.8, 4) is 33.5 Å². The van der Waals surface area contributed by atoms with Crippen LogP contribution in [0.3, 0.4) is 0 Å². The van der Waals surface area contributed by atoms with Crippen molar-refractivity contribution in [2.45, 2.75) is 9.79 Å². The molecule has 0 aliphatic carbocycles. The number of nitrogens with zero attached hydrogens (tertiary/aromatic N) is 1. The van der Waals surface area contributed by atoms with Crippen LogP contribution in [0.5, 0.6) is 0 Å². The van der Waals surface area contributed by atoms with E-state index < -0.39 is 9.84 Å². The van der Waals surface area contributed by atoms with Gasteiger partial charge in [0.25, 0.3) is 0 Å². The normalized spacial score (nSPS) is 13.3. The highest BCUT2D eigenvalue weighted by Gasteiger charge is 2.38. The minimum Gasteiger partial charge on any atom is -0.247 e. The van der Waals surface area contributed by atoms with E-state index in [1.807, 2.05) is 60.7 Å². The molecule has 2 heterocycles. The Balaban J connectivity index is 1.05. The molecule has 0 atom stereocenters. The van der Waals surface area contributed by atoms with Gasteiger partial charge in [-0.1, -0.05) is 151 Å². The molecule has 0 saturated heterocycles. The van der Waals surface area contributed by atoms with Gasteiger partial charge in [0, 0.05) is 16.3 Å². The molecule has 1 aliphatic rings. The van der Waals surface area contributed by atoms with Crippen molar-refractivity contribution < 1.29 is 8.42 Å². The van der Waals surface area contributed by atoms with Gasteiger partial charge in [-0.05, 0) is 85.7 Å². The van der Waals surface area contributed by atoms with Crippen LogP contribution in [0, 0.1) is 0 Å². The first-order valence-corrected chi connectivity index (χ1v) is 19.0. The fraction of sp³-hybridized carbons (Fsp3) is 0. The Bertz CT molecular complexity index is 2960. The van der Waals surface area contributed by atoms with Crippen LogP contribution < -0.4 is 16.4 Å². The lowest BCUT2D eigenvalue weighted by molar-refractivity contribution is 0.597. The molecule has 0 fully saturated rings. The Hall–Kier alpha value is -6.30. The Morgan fingerprint density at radius 2 is 0.904 bits per heavy atom. The van der Waals surface area contributed by atoms with Gasteiger partial charge in [0.15, 0.2) is 0 Å². The summed E-state index contributed by atoms with van der Waals surface area (Å²) >= 11 is 0. The van der Waals surface area contributed by atoms with Gasteiger partial charge in [-0.3, -0.25) is 0 Å². The van der Waals surface area contributed by atoms with E-state index in [4.69, 9.17) is 4.98 Å². The van der Waals surface area contributed by atoms with Crippen molar-refractivity contribution in [2.75, 3.05) is 0 Å². The molecule has 3 nitrogen and oxygen atoms in total. The minimum absolute atomic E-state index is 0.167. The lowest BCUT2D eigenvalue weighted by atomic mass is 9.36. The Labute approximate surface area is 302 Å². The summed E-state index contributed by atoms with van der Waals surface area (Å²) in [6, 6.07) is 61.7. The molecule has 0 saturated carbocycles. The topological polar surface area (TPSA) is 47.0 Å². The third-order valence-corrected chi connectivity index (χ3v) is 12.4. The van der Waals surface area contributed by atoms with Crippen LogP contribution in [0.4, 0.5) is 0 Å². The molecule has 10 rings (SSSR count). The first-order chi connectivity index (χ1) is 25.5. The van der Waals surface area contributed by atoms with E-state index in [0.717, 1.165) is 66.2 Å². The third-order valence-electron chi connectivity index (χ3n) is 10.5. The van der Waals surface area contributed by atoms with E-state index in [-0.39, 0.29) is 6.71 Å². The monoisotopic (exact) mass is 683 g/mol. The highest BCUT2D eigenvalue weighted by Crippen LogP contribution is 2.36. The lowest BCUT2D eigenvalue weighted by Gasteiger charge is -2.27. The molecule has 8 aromatic carbocycles. The number of rotatable bonds is 4. The van der Waals surface area contributed by atoms with E-state index in [0.29, 0.717) is 9.79 Å². The molecule has 1 aliphatic heterocycles. The van der Waals surface area contributed by atoms with Crippen LogP contribution in [0.15, 0.2) is 192 Å². The number of hydrogen-bond donors (Lipinski definition) is 0. The number of hydrogen-bond acceptors (Lipinski definition) is 3. The smallest absolute Gasteiger partial charge is 0.244 e. The summed E-state index contributed by atoms with van der Waals surface area (Å²) < 4.78 is 28.3. The quantitative estimate of drug-likeness (QED) is 0.137. The maximum Gasteiger partial charge on any atom is 0.244 e. The van der Waals surface area contributed by atoms with E-state index in [2.05, 4.69) is 115 Å². The minimum atomic E-state index is -3.72. The van der Waals surface area contributed by atoms with Crippen LogP contribution in [0.2, 0.25) is 0 Å². The fourth-order valence-electron chi connectivity index (χ4n) is 8.10. The van der Waals surface area contributed by atoms with E-state index in [1.54, 1.807) is 6.07 Å². The maximum atomic E-state index is 14.1. The second-order valence-electron chi connectivity index (χ2n) is 13.5. The van der Waals surface area contributed by atoms with Crippen molar-refractivity contribution >= 4 is 65.4 Å². The maximum absolute atomic E-state index is 14.1. The Morgan fingerprint density at radius 3 is 1.62 bits per heavy atom. The summed E-state index contributed by atoms with van der Waals surface area (Å²) in [6.45, 7) is -0.167. The van der Waals surface area contributed by atoms with Crippen molar-refractivity contribution in [1.82, 2.24) is 4.98 Å². The molecule has 0 spiro atoms. The Kier molecular flexibility index (Phi) is 6.99. The largest absolute Gasteiger partial charge is 0.247 e. The summed E-state index contributed by atoms with van der Waals surface area (Å²) in [5.74, 6) is 0. The number of sulfone groups is 1. The molecule has 0 amide bonds. The molecule has 0 radical (unpaired) electrons. The number of benzene rings is 8. The zero-order valence-electron chi connectivity index (χ0n) is 28.1. The first kappa shape index (κ1) is 30.5. The predicted molar refractivity (Wildman–Crippen MR) is 216 cm³/mol. The van der Waals surface area contributed by atoms with Gasteiger partial charge < -0.3 is 0 Å². The summed E-state index contributed by atoms with van der Waals surface area (Å²) in [6.07, 6.45) is 0. The molecule has 0 bridgehead atoms. The van der Waals surface area contributed by atoms with Crippen LogP contribution in [0.25, 0.3) is 66.0 Å². The third kappa shape index (κ3) is 4.81. The van der Waals surface area contributed by atoms with E-state index in [9.17, 15) is 8.42 Å². The van der Waals surface area contributed by atoms with Crippen molar-refractivity contribution in [3.63, 3.8) is 0 Å². The molecular formula is C47H30BNO2S. The van der Waals surface area contributed by atoms with Crippen LogP contribution in [0.1, 0.15) is 0 Å². The van der Waals surface area contributed by atoms with Crippen LogP contribution >= 0.6 is 0 Å². The van der Waals surface area contributed by atoms with Gasteiger partial charge in [0.2, 0.25) is 16.6 Å². The van der Waals surface area contributed by atoms with Gasteiger partial charge in [-0.15, -0.1) is 0 Å². The van der Waals surface area contributed by atoms with Gasteiger partial charge in [-0.2, -0.15) is 0 Å². The molecule has 0 N–H and O–H groups in total. The van der Waals surface area contributed by atoms with Gasteiger partial charge in [0.05, 0.1) is 21.0 Å². The average Bonchev–Trinajstić information content (AvgIpc) is 3.21. The van der Waals surface area contributed by atoms with Crippen molar-refractivity contribution in [2.24, 2.45) is 0 Å². The second-order valence-corrected chi connectivity index (χ2v) is 15.4. The molecule has 9 aromatic rings. The van der Waals surface area contributed by atoms with E-state index >= 15 is 0 Å². The summed E-state index contributed by atoms with van der Waals surface area (Å²) in [4.78, 5) is 6.01. The molecule has 5 heteroatoms. The molecule has 0 unspecified atom stereocenters. The van der Waals surface area contributed by atoms with Crippen molar-refractivity contribution in [1.29, 1.82) is 0 Å². The zero-order chi connectivity index (χ0) is 34.8. The van der Waals surface area contributed by atoms with Gasteiger partial charge in [0.1, 0.15) is 0 Å². The highest BCUT2D eigenvalue weighted by atomic mass is 32.2. The SMILES string of the molecule is O=S1(=O)c2ccccc2B(c2ccccc2)c2ccc(-c3cccc(-c4cccc(-c5ccc6c7ccccc7c7ccccc7c6n5)c4)c3)cc21. The van der Waals surface area contributed by atoms with Crippen LogP contribution in [-0.4, -0.2) is 20.1 Å². The van der Waals surface area contributed by atoms with Gasteiger partial charge in [-0.25, -0.2) is 13.4 Å². The van der Waals surface area contributed by atoms with Crippen LogP contribution in [-0.2, 0) is 9.84 Å². The molecule has 52 heavy (non-hydrogen) atoms. The number of pyridine rings is 1. The second kappa shape index (κ2) is 11.9. The average molecular weight is 684 g/mol. The summed E-state index contributed by atoms with van der Waals surface area (Å²) in [5, 5.41) is 5.94. The predicted octanol–water partition coefficient (Wildman–Crippen LogP) is 9.20.